The van der Waals surface area contributed by atoms with E-state index in [1.165, 1.54) is 12.8 Å². The molecule has 3 saturated heterocycles. The number of aromatic nitrogens is 2. The molecule has 2 amide bonds. The van der Waals surface area contributed by atoms with Crippen LogP contribution in [0.2, 0.25) is 0 Å². The van der Waals surface area contributed by atoms with Crippen LogP contribution in [0.25, 0.3) is 0 Å². The number of piperidine rings is 2. The molecule has 0 aromatic carbocycles. The van der Waals surface area contributed by atoms with Gasteiger partial charge in [0.2, 0.25) is 11.8 Å². The van der Waals surface area contributed by atoms with Crippen LogP contribution in [-0.2, 0) is 9.53 Å². The Balaban J connectivity index is 1.35. The molecule has 0 saturated carbocycles. The van der Waals surface area contributed by atoms with E-state index < -0.39 is 11.7 Å². The van der Waals surface area contributed by atoms with Crippen LogP contribution < -0.4 is 20.3 Å². The SMILES string of the molecule is C[C@H](CCOc1cnc(N2C[C@H](NC(=O)OC(C)(C)C)[C@@H](N3CCCCC3=O)C2)cn1)C1CCNCC1. The minimum atomic E-state index is -0.592. The van der Waals surface area contributed by atoms with Crippen LogP contribution in [0.4, 0.5) is 10.6 Å². The molecule has 4 rings (SSSR count). The van der Waals surface area contributed by atoms with Gasteiger partial charge >= 0.3 is 6.09 Å². The second kappa shape index (κ2) is 12.3. The smallest absolute Gasteiger partial charge is 0.408 e. The maximum atomic E-state index is 12.7. The maximum absolute atomic E-state index is 12.7. The molecular formula is C27H44N6O4. The summed E-state index contributed by atoms with van der Waals surface area (Å²) in [4.78, 5) is 38.3. The first-order chi connectivity index (χ1) is 17.7. The minimum absolute atomic E-state index is 0.141. The van der Waals surface area contributed by atoms with Crippen molar-refractivity contribution in [1.29, 1.82) is 0 Å². The van der Waals surface area contributed by atoms with Crippen molar-refractivity contribution in [3.63, 3.8) is 0 Å². The molecule has 3 fully saturated rings. The van der Waals surface area contributed by atoms with Gasteiger partial charge in [0.15, 0.2) is 0 Å². The number of amides is 2. The molecule has 0 spiro atoms. The second-order valence-electron chi connectivity index (χ2n) is 11.7. The summed E-state index contributed by atoms with van der Waals surface area (Å²) in [5.74, 6) is 2.76. The first-order valence-electron chi connectivity index (χ1n) is 13.9. The Morgan fingerprint density at radius 1 is 1.19 bits per heavy atom. The number of carbonyl (C=O) groups is 2. The van der Waals surface area contributed by atoms with Gasteiger partial charge in [0.05, 0.1) is 31.1 Å². The number of hydrogen-bond donors (Lipinski definition) is 2. The number of anilines is 1. The van der Waals surface area contributed by atoms with Gasteiger partial charge in [0, 0.05) is 26.1 Å². The van der Waals surface area contributed by atoms with Gasteiger partial charge in [-0.25, -0.2) is 14.8 Å². The van der Waals surface area contributed by atoms with E-state index >= 15 is 0 Å². The quantitative estimate of drug-likeness (QED) is 0.543. The summed E-state index contributed by atoms with van der Waals surface area (Å²) in [6, 6.07) is -0.402. The second-order valence-corrected chi connectivity index (χ2v) is 11.7. The normalized spacial score (nSPS) is 24.2. The van der Waals surface area contributed by atoms with Gasteiger partial charge in [-0.2, -0.15) is 0 Å². The van der Waals surface area contributed by atoms with Crippen molar-refractivity contribution >= 4 is 17.8 Å². The lowest BCUT2D eigenvalue weighted by atomic mass is 9.84. The zero-order valence-electron chi connectivity index (χ0n) is 22.9. The highest BCUT2D eigenvalue weighted by atomic mass is 16.6. The standard InChI is InChI=1S/C27H44N6O4/c1-19(20-8-11-28-12-9-20)10-14-36-24-16-29-23(15-30-24)32-17-21(31-26(35)37-27(2,3)4)22(18-32)33-13-6-5-7-25(33)34/h15-16,19-22,28H,5-14,17-18H2,1-4H3,(H,31,35)/t19-,21+,22+/m1/s1. The highest BCUT2D eigenvalue weighted by Crippen LogP contribution is 2.27. The van der Waals surface area contributed by atoms with Crippen LogP contribution in [0.15, 0.2) is 12.4 Å². The third kappa shape index (κ3) is 7.69. The lowest BCUT2D eigenvalue weighted by molar-refractivity contribution is -0.135. The Kier molecular flexibility index (Phi) is 9.10. The van der Waals surface area contributed by atoms with Gasteiger partial charge < -0.3 is 29.9 Å². The summed E-state index contributed by atoms with van der Waals surface area (Å²) in [5.41, 5.74) is -0.592. The number of ether oxygens (including phenoxy) is 2. The molecule has 1 aromatic heterocycles. The monoisotopic (exact) mass is 516 g/mol. The van der Waals surface area contributed by atoms with Crippen LogP contribution >= 0.6 is 0 Å². The molecule has 0 unspecified atom stereocenters. The molecule has 10 heteroatoms. The van der Waals surface area contributed by atoms with Gasteiger partial charge in [-0.3, -0.25) is 4.79 Å². The Morgan fingerprint density at radius 3 is 2.65 bits per heavy atom. The molecule has 37 heavy (non-hydrogen) atoms. The number of hydrogen-bond acceptors (Lipinski definition) is 8. The zero-order valence-corrected chi connectivity index (χ0v) is 22.9. The van der Waals surface area contributed by atoms with Crippen LogP contribution in [0.1, 0.15) is 66.2 Å². The number of carbonyl (C=O) groups excluding carboxylic acids is 2. The average Bonchev–Trinajstić information content (AvgIpc) is 3.27. The predicted octanol–water partition coefficient (Wildman–Crippen LogP) is 2.98. The molecule has 3 atom stereocenters. The highest BCUT2D eigenvalue weighted by Gasteiger charge is 2.41. The molecule has 10 nitrogen and oxygen atoms in total. The Labute approximate surface area is 220 Å². The third-order valence-corrected chi connectivity index (χ3v) is 7.70. The average molecular weight is 517 g/mol. The molecule has 2 N–H and O–H groups in total. The molecule has 4 heterocycles. The van der Waals surface area contributed by atoms with E-state index in [-0.39, 0.29) is 18.0 Å². The molecule has 0 radical (unpaired) electrons. The van der Waals surface area contributed by atoms with E-state index in [0.29, 0.717) is 50.3 Å². The van der Waals surface area contributed by atoms with E-state index in [0.717, 1.165) is 38.3 Å². The lowest BCUT2D eigenvalue weighted by Crippen LogP contribution is -2.54. The van der Waals surface area contributed by atoms with Crippen molar-refractivity contribution in [3.05, 3.63) is 12.4 Å². The van der Waals surface area contributed by atoms with E-state index in [1.807, 2.05) is 25.7 Å². The van der Waals surface area contributed by atoms with E-state index in [1.54, 1.807) is 12.4 Å². The number of nitrogens with one attached hydrogen (secondary N) is 2. The van der Waals surface area contributed by atoms with E-state index in [9.17, 15) is 9.59 Å². The van der Waals surface area contributed by atoms with E-state index in [2.05, 4.69) is 32.4 Å². The number of rotatable bonds is 8. The fourth-order valence-corrected chi connectivity index (χ4v) is 5.61. The summed E-state index contributed by atoms with van der Waals surface area (Å²) in [6.07, 6.45) is 8.84. The maximum Gasteiger partial charge on any atom is 0.408 e. The Hall–Kier alpha value is -2.62. The van der Waals surface area contributed by atoms with Crippen molar-refractivity contribution in [2.45, 2.75) is 83.9 Å². The van der Waals surface area contributed by atoms with Gasteiger partial charge in [0.1, 0.15) is 11.4 Å². The van der Waals surface area contributed by atoms with Crippen molar-refractivity contribution < 1.29 is 19.1 Å². The van der Waals surface area contributed by atoms with Crippen molar-refractivity contribution in [3.8, 4) is 5.88 Å². The topological polar surface area (TPSA) is 109 Å². The summed E-state index contributed by atoms with van der Waals surface area (Å²) in [6.45, 7) is 12.5. The molecule has 0 aliphatic carbocycles. The molecular weight excluding hydrogens is 472 g/mol. The highest BCUT2D eigenvalue weighted by molar-refractivity contribution is 5.78. The third-order valence-electron chi connectivity index (χ3n) is 7.70. The molecule has 3 aliphatic heterocycles. The van der Waals surface area contributed by atoms with Crippen LogP contribution in [0.5, 0.6) is 5.88 Å². The predicted molar refractivity (Wildman–Crippen MR) is 142 cm³/mol. The molecule has 3 aliphatic rings. The Morgan fingerprint density at radius 2 is 1.97 bits per heavy atom. The van der Waals surface area contributed by atoms with Gasteiger partial charge in [-0.1, -0.05) is 6.92 Å². The summed E-state index contributed by atoms with van der Waals surface area (Å²) < 4.78 is 11.4. The van der Waals surface area contributed by atoms with Gasteiger partial charge in [-0.15, -0.1) is 0 Å². The van der Waals surface area contributed by atoms with Gasteiger partial charge in [0.25, 0.3) is 0 Å². The summed E-state index contributed by atoms with van der Waals surface area (Å²) in [5, 5.41) is 6.43. The Bertz CT molecular complexity index is 899. The first-order valence-corrected chi connectivity index (χ1v) is 13.9. The number of likely N-dealkylation sites (tertiary alicyclic amines) is 1. The van der Waals surface area contributed by atoms with Crippen molar-refractivity contribution in [1.82, 2.24) is 25.5 Å². The number of nitrogens with zero attached hydrogens (tertiary/aromatic N) is 4. The van der Waals surface area contributed by atoms with Crippen molar-refractivity contribution in [2.24, 2.45) is 11.8 Å². The first kappa shape index (κ1) is 27.4. The summed E-state index contributed by atoms with van der Waals surface area (Å²) in [7, 11) is 0. The van der Waals surface area contributed by atoms with Crippen LogP contribution in [0, 0.1) is 11.8 Å². The molecule has 206 valence electrons. The van der Waals surface area contributed by atoms with Gasteiger partial charge in [-0.05, 0) is 77.8 Å². The summed E-state index contributed by atoms with van der Waals surface area (Å²) >= 11 is 0. The van der Waals surface area contributed by atoms with Crippen LogP contribution in [0.3, 0.4) is 0 Å². The van der Waals surface area contributed by atoms with E-state index in [4.69, 9.17) is 9.47 Å². The zero-order chi connectivity index (χ0) is 26.4. The van der Waals surface area contributed by atoms with Crippen LogP contribution in [-0.4, -0.2) is 83.9 Å². The molecule has 1 aromatic rings. The minimum Gasteiger partial charge on any atom is -0.477 e. The fourth-order valence-electron chi connectivity index (χ4n) is 5.61. The number of alkyl carbamates (subject to hydrolysis) is 1. The molecule has 0 bridgehead atoms. The lowest BCUT2D eigenvalue weighted by Gasteiger charge is -2.35. The fraction of sp³-hybridized carbons (Fsp3) is 0.778. The largest absolute Gasteiger partial charge is 0.477 e. The van der Waals surface area contributed by atoms with Crippen molar-refractivity contribution in [2.75, 3.05) is 44.2 Å².